The minimum atomic E-state index is -0.520. The van der Waals surface area contributed by atoms with E-state index in [1.807, 2.05) is 26.8 Å². The second-order valence-corrected chi connectivity index (χ2v) is 8.21. The van der Waals surface area contributed by atoms with Crippen LogP contribution >= 0.6 is 15.9 Å². The topological polar surface area (TPSA) is 84.7 Å². The van der Waals surface area contributed by atoms with E-state index in [1.165, 1.54) is 6.07 Å². The van der Waals surface area contributed by atoms with Crippen molar-refractivity contribution in [3.8, 4) is 0 Å². The van der Waals surface area contributed by atoms with Gasteiger partial charge in [0.1, 0.15) is 5.60 Å². The summed E-state index contributed by atoms with van der Waals surface area (Å²) in [5, 5.41) is 13.9. The Morgan fingerprint density at radius 3 is 2.80 bits per heavy atom. The maximum absolute atomic E-state index is 11.9. The summed E-state index contributed by atoms with van der Waals surface area (Å²) in [6.07, 6.45) is 1.45. The third kappa shape index (κ3) is 6.62. The summed E-state index contributed by atoms with van der Waals surface area (Å²) in [6, 6.07) is 4.99. The molecule has 2 rings (SSSR count). The van der Waals surface area contributed by atoms with Crippen LogP contribution in [-0.2, 0) is 11.3 Å². The highest BCUT2D eigenvalue weighted by molar-refractivity contribution is 9.10. The van der Waals surface area contributed by atoms with Crippen LogP contribution in [0.15, 0.2) is 22.7 Å². The lowest BCUT2D eigenvalue weighted by atomic mass is 10.0. The molecule has 1 fully saturated rings. The van der Waals surface area contributed by atoms with Gasteiger partial charge >= 0.3 is 6.09 Å². The molecule has 1 aliphatic heterocycles. The third-order valence-corrected chi connectivity index (χ3v) is 4.24. The van der Waals surface area contributed by atoms with Gasteiger partial charge in [0, 0.05) is 35.7 Å². The van der Waals surface area contributed by atoms with Crippen LogP contribution in [0.3, 0.4) is 0 Å². The average Bonchev–Trinajstić information content (AvgIpc) is 2.44. The number of hydrogen-bond donors (Lipinski definition) is 1. The number of benzene rings is 1. The van der Waals surface area contributed by atoms with Crippen molar-refractivity contribution in [3.63, 3.8) is 0 Å². The summed E-state index contributed by atoms with van der Waals surface area (Å²) in [4.78, 5) is 24.7. The first-order chi connectivity index (χ1) is 11.6. The molecule has 0 aromatic heterocycles. The van der Waals surface area contributed by atoms with Crippen LogP contribution in [0.25, 0.3) is 0 Å². The van der Waals surface area contributed by atoms with E-state index in [0.717, 1.165) is 24.9 Å². The number of nitrogens with one attached hydrogen (secondary N) is 1. The van der Waals surface area contributed by atoms with Crippen LogP contribution < -0.4 is 5.32 Å². The molecule has 1 aromatic rings. The SMILES string of the molecule is CC(C)(C)OC(=O)N[C@H]1CCCN(Cc2cc(Br)cc([N+](=O)[O-])c2)C1. The van der Waals surface area contributed by atoms with Gasteiger partial charge in [0.05, 0.1) is 4.92 Å². The lowest BCUT2D eigenvalue weighted by Crippen LogP contribution is -2.48. The number of nitro groups is 1. The van der Waals surface area contributed by atoms with Gasteiger partial charge in [-0.2, -0.15) is 0 Å². The molecule has 0 spiro atoms. The summed E-state index contributed by atoms with van der Waals surface area (Å²) in [5.41, 5.74) is 0.428. The Balaban J connectivity index is 1.95. The number of nitrogens with zero attached hydrogens (tertiary/aromatic N) is 2. The Bertz CT molecular complexity index is 645. The van der Waals surface area contributed by atoms with Crippen LogP contribution in [0.5, 0.6) is 0 Å². The predicted octanol–water partition coefficient (Wildman–Crippen LogP) is 3.85. The molecule has 8 heteroatoms. The van der Waals surface area contributed by atoms with Gasteiger partial charge in [-0.15, -0.1) is 0 Å². The number of ether oxygens (including phenoxy) is 1. The van der Waals surface area contributed by atoms with Crippen LogP contribution in [0.2, 0.25) is 0 Å². The molecule has 1 heterocycles. The van der Waals surface area contributed by atoms with Crippen molar-refractivity contribution in [2.75, 3.05) is 13.1 Å². The van der Waals surface area contributed by atoms with Crippen molar-refractivity contribution in [1.29, 1.82) is 0 Å². The molecule has 138 valence electrons. The molecule has 1 amide bonds. The number of halogens is 1. The summed E-state index contributed by atoms with van der Waals surface area (Å²) in [6.45, 7) is 7.69. The Morgan fingerprint density at radius 1 is 1.44 bits per heavy atom. The van der Waals surface area contributed by atoms with E-state index in [-0.39, 0.29) is 11.7 Å². The number of rotatable bonds is 4. The molecule has 7 nitrogen and oxygen atoms in total. The van der Waals surface area contributed by atoms with Gasteiger partial charge in [-0.25, -0.2) is 4.79 Å². The first kappa shape index (κ1) is 19.7. The van der Waals surface area contributed by atoms with Gasteiger partial charge in [0.25, 0.3) is 5.69 Å². The molecular weight excluding hydrogens is 390 g/mol. The molecule has 1 atom stereocenters. The molecule has 0 radical (unpaired) electrons. The third-order valence-electron chi connectivity index (χ3n) is 3.79. The first-order valence-corrected chi connectivity index (χ1v) is 9.07. The Hall–Kier alpha value is -1.67. The van der Waals surface area contributed by atoms with Crippen molar-refractivity contribution >= 4 is 27.7 Å². The molecule has 0 saturated carbocycles. The van der Waals surface area contributed by atoms with Gasteiger partial charge in [-0.3, -0.25) is 15.0 Å². The standard InChI is InChI=1S/C17H24BrN3O4/c1-17(2,3)25-16(22)19-14-5-4-6-20(11-14)10-12-7-13(18)9-15(8-12)21(23)24/h7-9,14H,4-6,10-11H2,1-3H3,(H,19,22)/t14-/m0/s1. The lowest BCUT2D eigenvalue weighted by molar-refractivity contribution is -0.385. The fourth-order valence-electron chi connectivity index (χ4n) is 2.88. The first-order valence-electron chi connectivity index (χ1n) is 8.28. The molecule has 0 aliphatic carbocycles. The quantitative estimate of drug-likeness (QED) is 0.598. The van der Waals surface area contributed by atoms with Crippen molar-refractivity contribution in [1.82, 2.24) is 10.2 Å². The molecule has 1 saturated heterocycles. The zero-order valence-electron chi connectivity index (χ0n) is 14.8. The van der Waals surface area contributed by atoms with E-state index in [4.69, 9.17) is 4.74 Å². The second kappa shape index (κ2) is 8.14. The minimum Gasteiger partial charge on any atom is -0.444 e. The molecular formula is C17H24BrN3O4. The molecule has 0 bridgehead atoms. The number of alkyl carbamates (subject to hydrolysis) is 1. The van der Waals surface area contributed by atoms with Gasteiger partial charge in [0.2, 0.25) is 0 Å². The van der Waals surface area contributed by atoms with Crippen LogP contribution in [0.4, 0.5) is 10.5 Å². The van der Waals surface area contributed by atoms with E-state index < -0.39 is 16.6 Å². The molecule has 1 N–H and O–H groups in total. The number of piperidine rings is 1. The Labute approximate surface area is 156 Å². The van der Waals surface area contributed by atoms with Crippen molar-refractivity contribution in [2.45, 2.75) is 51.8 Å². The number of likely N-dealkylation sites (tertiary alicyclic amines) is 1. The van der Waals surface area contributed by atoms with E-state index >= 15 is 0 Å². The Morgan fingerprint density at radius 2 is 2.16 bits per heavy atom. The highest BCUT2D eigenvalue weighted by Gasteiger charge is 2.24. The summed E-state index contributed by atoms with van der Waals surface area (Å²) in [7, 11) is 0. The number of amides is 1. The monoisotopic (exact) mass is 413 g/mol. The molecule has 1 aliphatic rings. The number of carbonyl (C=O) groups is 1. The van der Waals surface area contributed by atoms with Gasteiger partial charge in [0.15, 0.2) is 0 Å². The number of carbonyl (C=O) groups excluding carboxylic acids is 1. The predicted molar refractivity (Wildman–Crippen MR) is 98.5 cm³/mol. The van der Waals surface area contributed by atoms with Crippen LogP contribution in [-0.4, -0.2) is 40.6 Å². The normalized spacial score (nSPS) is 18.6. The van der Waals surface area contributed by atoms with Crippen LogP contribution in [0, 0.1) is 10.1 Å². The number of nitro benzene ring substituents is 1. The van der Waals surface area contributed by atoms with E-state index in [0.29, 0.717) is 17.6 Å². The molecule has 0 unspecified atom stereocenters. The largest absolute Gasteiger partial charge is 0.444 e. The molecule has 1 aromatic carbocycles. The molecule has 25 heavy (non-hydrogen) atoms. The zero-order chi connectivity index (χ0) is 18.6. The number of hydrogen-bond acceptors (Lipinski definition) is 5. The highest BCUT2D eigenvalue weighted by atomic mass is 79.9. The summed E-state index contributed by atoms with van der Waals surface area (Å²) >= 11 is 3.32. The van der Waals surface area contributed by atoms with Crippen molar-refractivity contribution in [3.05, 3.63) is 38.3 Å². The fourth-order valence-corrected chi connectivity index (χ4v) is 3.41. The zero-order valence-corrected chi connectivity index (χ0v) is 16.3. The van der Waals surface area contributed by atoms with E-state index in [1.54, 1.807) is 6.07 Å². The lowest BCUT2D eigenvalue weighted by Gasteiger charge is -2.33. The number of non-ortho nitro benzene ring substituents is 1. The fraction of sp³-hybridized carbons (Fsp3) is 0.588. The summed E-state index contributed by atoms with van der Waals surface area (Å²) < 4.78 is 5.99. The van der Waals surface area contributed by atoms with E-state index in [9.17, 15) is 14.9 Å². The Kier molecular flexibility index (Phi) is 6.40. The second-order valence-electron chi connectivity index (χ2n) is 7.30. The van der Waals surface area contributed by atoms with Gasteiger partial charge < -0.3 is 10.1 Å². The summed E-state index contributed by atoms with van der Waals surface area (Å²) in [5.74, 6) is 0. The average molecular weight is 414 g/mol. The van der Waals surface area contributed by atoms with E-state index in [2.05, 4.69) is 26.1 Å². The highest BCUT2D eigenvalue weighted by Crippen LogP contribution is 2.23. The van der Waals surface area contributed by atoms with Crippen molar-refractivity contribution < 1.29 is 14.5 Å². The van der Waals surface area contributed by atoms with Crippen LogP contribution in [0.1, 0.15) is 39.2 Å². The maximum atomic E-state index is 11.9. The minimum absolute atomic E-state index is 0.0192. The smallest absolute Gasteiger partial charge is 0.407 e. The van der Waals surface area contributed by atoms with Gasteiger partial charge in [-0.05, 0) is 51.8 Å². The maximum Gasteiger partial charge on any atom is 0.407 e. The van der Waals surface area contributed by atoms with Crippen molar-refractivity contribution in [2.24, 2.45) is 0 Å². The van der Waals surface area contributed by atoms with Gasteiger partial charge in [-0.1, -0.05) is 15.9 Å².